The maximum absolute atomic E-state index is 13.3. The van der Waals surface area contributed by atoms with E-state index in [2.05, 4.69) is 21.2 Å². The molecule has 0 spiro atoms. The fourth-order valence-corrected chi connectivity index (χ4v) is 6.32. The van der Waals surface area contributed by atoms with Crippen molar-refractivity contribution in [3.63, 3.8) is 0 Å². The van der Waals surface area contributed by atoms with E-state index < -0.39 is 5.91 Å². The zero-order chi connectivity index (χ0) is 30.4. The van der Waals surface area contributed by atoms with Crippen LogP contribution in [0.3, 0.4) is 0 Å². The maximum atomic E-state index is 13.3. The molecule has 5 aromatic rings. The largest absolute Gasteiger partial charge is 0.493 e. The summed E-state index contributed by atoms with van der Waals surface area (Å²) in [6, 6.07) is 29.2. The molecular weight excluding hydrogens is 554 g/mol. The molecule has 0 saturated heterocycles. The molecule has 1 N–H and O–H groups in total. The van der Waals surface area contributed by atoms with Crippen LogP contribution in [0.1, 0.15) is 53.8 Å². The second kappa shape index (κ2) is 11.0. The average molecular weight is 584 g/mol. The number of azo groups is 1. The molecule has 0 aliphatic carbocycles. The fraction of sp³-hybridized carbons (Fsp3) is 0.171. The molecular formula is C35H29N5O4. The Morgan fingerprint density at radius 3 is 2.30 bits per heavy atom. The van der Waals surface area contributed by atoms with Crippen molar-refractivity contribution in [1.82, 2.24) is 14.4 Å². The summed E-state index contributed by atoms with van der Waals surface area (Å²) in [4.78, 5) is 43.0. The van der Waals surface area contributed by atoms with Crippen molar-refractivity contribution in [1.29, 1.82) is 0 Å². The number of nitrogens with zero attached hydrogens (tertiary/aromatic N) is 5. The van der Waals surface area contributed by atoms with Gasteiger partial charge in [0.05, 0.1) is 29.4 Å². The lowest BCUT2D eigenvalue weighted by molar-refractivity contribution is 0.0543. The first-order valence-electron chi connectivity index (χ1n) is 14.5. The van der Waals surface area contributed by atoms with E-state index in [1.54, 1.807) is 41.0 Å². The number of benzene rings is 4. The summed E-state index contributed by atoms with van der Waals surface area (Å²) < 4.78 is 1.74. The zero-order valence-corrected chi connectivity index (χ0v) is 24.1. The van der Waals surface area contributed by atoms with E-state index in [1.807, 2.05) is 61.5 Å². The molecule has 0 radical (unpaired) electrons. The standard InChI is InChI=1S/C35H29N5O4/c1-22-10-2-4-12-24(22)32(41)37-36-31-28-16-8-9-17-29(28)40(35(31)44)21-38-19-18-23-11-3-5-13-25(23)30(38)20-39-33(42)26-14-6-7-15-27(26)34(39)43/h2-17,30,44H,18-21H2,1H3/t30-/m1/s1. The SMILES string of the molecule is Cc1ccccc1C(=O)N=Nc1c(O)n(CN2CCc3ccccc3[C@H]2CN2C(=O)c3ccccc3C2=O)c2ccccc12. The van der Waals surface area contributed by atoms with Crippen molar-refractivity contribution >= 4 is 34.3 Å². The number of para-hydroxylation sites is 1. The van der Waals surface area contributed by atoms with Gasteiger partial charge in [-0.1, -0.05) is 72.8 Å². The van der Waals surface area contributed by atoms with Gasteiger partial charge in [-0.2, -0.15) is 0 Å². The van der Waals surface area contributed by atoms with Gasteiger partial charge in [0.1, 0.15) is 0 Å². The highest BCUT2D eigenvalue weighted by molar-refractivity contribution is 6.21. The molecule has 7 rings (SSSR count). The van der Waals surface area contributed by atoms with Crippen LogP contribution in [0.4, 0.5) is 5.69 Å². The normalized spacial score (nSPS) is 16.6. The van der Waals surface area contributed by atoms with Crippen LogP contribution in [0.5, 0.6) is 5.88 Å². The van der Waals surface area contributed by atoms with Gasteiger partial charge in [0.15, 0.2) is 5.69 Å². The van der Waals surface area contributed by atoms with Gasteiger partial charge >= 0.3 is 0 Å². The smallest absolute Gasteiger partial charge is 0.295 e. The molecule has 9 nitrogen and oxygen atoms in total. The topological polar surface area (TPSA) is 108 Å². The molecule has 3 amide bonds. The number of carbonyl (C=O) groups is 3. The Morgan fingerprint density at radius 1 is 0.864 bits per heavy atom. The third-order valence-corrected chi connectivity index (χ3v) is 8.61. The number of aromatic nitrogens is 1. The molecule has 1 aromatic heterocycles. The molecule has 4 aromatic carbocycles. The van der Waals surface area contributed by atoms with Crippen molar-refractivity contribution < 1.29 is 19.5 Å². The molecule has 0 fully saturated rings. The van der Waals surface area contributed by atoms with E-state index in [1.165, 1.54) is 4.90 Å². The van der Waals surface area contributed by atoms with Gasteiger partial charge in [0.2, 0.25) is 5.88 Å². The second-order valence-corrected chi connectivity index (χ2v) is 11.1. The first-order chi connectivity index (χ1) is 21.4. The summed E-state index contributed by atoms with van der Waals surface area (Å²) in [5, 5.41) is 20.4. The Bertz CT molecular complexity index is 1960. The van der Waals surface area contributed by atoms with Crippen molar-refractivity contribution in [3.8, 4) is 5.88 Å². The minimum atomic E-state index is -0.493. The van der Waals surface area contributed by atoms with Gasteiger partial charge in [-0.15, -0.1) is 10.2 Å². The number of aryl methyl sites for hydroxylation is 1. The molecule has 2 aliphatic rings. The molecule has 0 saturated carbocycles. The van der Waals surface area contributed by atoms with Gasteiger partial charge in [-0.05, 0) is 54.3 Å². The van der Waals surface area contributed by atoms with E-state index in [9.17, 15) is 19.5 Å². The number of amides is 3. The predicted molar refractivity (Wildman–Crippen MR) is 165 cm³/mol. The van der Waals surface area contributed by atoms with E-state index in [-0.39, 0.29) is 42.6 Å². The molecule has 44 heavy (non-hydrogen) atoms. The fourth-order valence-electron chi connectivity index (χ4n) is 6.32. The van der Waals surface area contributed by atoms with Crippen molar-refractivity contribution in [3.05, 3.63) is 130 Å². The predicted octanol–water partition coefficient (Wildman–Crippen LogP) is 6.43. The summed E-state index contributed by atoms with van der Waals surface area (Å²) in [6.07, 6.45) is 0.770. The lowest BCUT2D eigenvalue weighted by Gasteiger charge is -2.39. The van der Waals surface area contributed by atoms with Crippen LogP contribution in [-0.4, -0.2) is 50.3 Å². The van der Waals surface area contributed by atoms with Crippen LogP contribution in [0.25, 0.3) is 10.9 Å². The average Bonchev–Trinajstić information content (AvgIpc) is 3.45. The van der Waals surface area contributed by atoms with Gasteiger partial charge in [0, 0.05) is 24.0 Å². The van der Waals surface area contributed by atoms with Crippen molar-refractivity contribution in [2.45, 2.75) is 26.1 Å². The Kier molecular flexibility index (Phi) is 6.87. The van der Waals surface area contributed by atoms with Gasteiger partial charge in [-0.3, -0.25) is 28.8 Å². The highest BCUT2D eigenvalue weighted by Crippen LogP contribution is 2.41. The van der Waals surface area contributed by atoms with Gasteiger partial charge in [-0.25, -0.2) is 0 Å². The number of rotatable bonds is 6. The van der Waals surface area contributed by atoms with Gasteiger partial charge in [0.25, 0.3) is 17.7 Å². The Balaban J connectivity index is 1.24. The number of carbonyl (C=O) groups excluding carboxylic acids is 3. The molecule has 218 valence electrons. The quantitative estimate of drug-likeness (QED) is 0.183. The van der Waals surface area contributed by atoms with E-state index >= 15 is 0 Å². The second-order valence-electron chi connectivity index (χ2n) is 11.1. The maximum Gasteiger partial charge on any atom is 0.295 e. The third kappa shape index (κ3) is 4.58. The molecule has 3 heterocycles. The van der Waals surface area contributed by atoms with Crippen LogP contribution in [0, 0.1) is 6.92 Å². The monoisotopic (exact) mass is 583 g/mol. The molecule has 9 heteroatoms. The summed E-state index contributed by atoms with van der Waals surface area (Å²) in [5.41, 5.74) is 5.19. The van der Waals surface area contributed by atoms with E-state index in [0.717, 1.165) is 28.6 Å². The summed E-state index contributed by atoms with van der Waals surface area (Å²) in [6.45, 7) is 2.90. The van der Waals surface area contributed by atoms with Crippen LogP contribution in [0.2, 0.25) is 0 Å². The first kappa shape index (κ1) is 27.4. The van der Waals surface area contributed by atoms with Crippen LogP contribution >= 0.6 is 0 Å². The van der Waals surface area contributed by atoms with E-state index in [0.29, 0.717) is 28.6 Å². The number of aromatic hydroxyl groups is 1. The third-order valence-electron chi connectivity index (χ3n) is 8.61. The van der Waals surface area contributed by atoms with Crippen molar-refractivity contribution in [2.75, 3.05) is 13.1 Å². The molecule has 2 aliphatic heterocycles. The lowest BCUT2D eigenvalue weighted by Crippen LogP contribution is -2.44. The molecule has 0 unspecified atom stereocenters. The number of fused-ring (bicyclic) bond motifs is 3. The highest BCUT2D eigenvalue weighted by atomic mass is 16.3. The molecule has 0 bridgehead atoms. The Labute approximate surface area is 253 Å². The first-order valence-corrected chi connectivity index (χ1v) is 14.5. The highest BCUT2D eigenvalue weighted by Gasteiger charge is 2.39. The Morgan fingerprint density at radius 2 is 1.52 bits per heavy atom. The number of hydrogen-bond acceptors (Lipinski definition) is 6. The van der Waals surface area contributed by atoms with Crippen molar-refractivity contribution in [2.24, 2.45) is 10.2 Å². The number of hydrogen-bond donors (Lipinski definition) is 1. The minimum Gasteiger partial charge on any atom is -0.493 e. The van der Waals surface area contributed by atoms with Gasteiger partial charge < -0.3 is 5.11 Å². The molecule has 1 atom stereocenters. The zero-order valence-electron chi connectivity index (χ0n) is 24.1. The summed E-state index contributed by atoms with van der Waals surface area (Å²) in [5.74, 6) is -1.22. The summed E-state index contributed by atoms with van der Waals surface area (Å²) in [7, 11) is 0. The number of imide groups is 1. The minimum absolute atomic E-state index is 0.120. The lowest BCUT2D eigenvalue weighted by atomic mass is 9.92. The van der Waals surface area contributed by atoms with E-state index in [4.69, 9.17) is 0 Å². The Hall–Kier alpha value is -5.41. The summed E-state index contributed by atoms with van der Waals surface area (Å²) >= 11 is 0. The van der Waals surface area contributed by atoms with Crippen LogP contribution < -0.4 is 0 Å². The van der Waals surface area contributed by atoms with Crippen LogP contribution in [0.15, 0.2) is 107 Å². The van der Waals surface area contributed by atoms with Crippen LogP contribution in [-0.2, 0) is 13.1 Å².